The summed E-state index contributed by atoms with van der Waals surface area (Å²) < 4.78 is 0. The Morgan fingerprint density at radius 1 is 1.43 bits per heavy atom. The summed E-state index contributed by atoms with van der Waals surface area (Å²) in [5.41, 5.74) is 3.19. The molecule has 0 fully saturated rings. The third-order valence-corrected chi connectivity index (χ3v) is 6.19. The summed E-state index contributed by atoms with van der Waals surface area (Å²) in [6, 6.07) is 3.29. The number of hydrogen-bond donors (Lipinski definition) is 2. The van der Waals surface area contributed by atoms with Gasteiger partial charge in [0.25, 0.3) is 0 Å². The summed E-state index contributed by atoms with van der Waals surface area (Å²) in [4.78, 5) is 16.6. The number of carboxylic acid groups (broad SMARTS) is 1. The highest BCUT2D eigenvalue weighted by Gasteiger charge is 2.35. The highest BCUT2D eigenvalue weighted by Crippen LogP contribution is 2.50. The van der Waals surface area contributed by atoms with Gasteiger partial charge in [0.1, 0.15) is 5.82 Å². The Hall–Kier alpha value is -1.88. The van der Waals surface area contributed by atoms with E-state index in [1.54, 1.807) is 12.1 Å². The van der Waals surface area contributed by atoms with E-state index >= 15 is 0 Å². The predicted molar refractivity (Wildman–Crippen MR) is 94.2 cm³/mol. The maximum Gasteiger partial charge on any atom is 0.337 e. The van der Waals surface area contributed by atoms with Crippen molar-refractivity contribution < 1.29 is 9.90 Å². The fourth-order valence-corrected chi connectivity index (χ4v) is 4.87. The predicted octanol–water partition coefficient (Wildman–Crippen LogP) is 5.07. The van der Waals surface area contributed by atoms with E-state index < -0.39 is 5.97 Å². The molecule has 0 aromatic carbocycles. The van der Waals surface area contributed by atoms with E-state index in [1.807, 2.05) is 11.3 Å². The molecule has 2 aromatic heterocycles. The van der Waals surface area contributed by atoms with Crippen LogP contribution in [-0.4, -0.2) is 16.1 Å². The van der Waals surface area contributed by atoms with Gasteiger partial charge < -0.3 is 10.4 Å². The van der Waals surface area contributed by atoms with E-state index in [0.29, 0.717) is 11.7 Å². The fraction of sp³-hybridized carbons (Fsp3) is 0.444. The van der Waals surface area contributed by atoms with Gasteiger partial charge in [0, 0.05) is 11.1 Å². The number of nitrogens with zero attached hydrogens (tertiary/aromatic N) is 1. The zero-order valence-electron chi connectivity index (χ0n) is 13.9. The van der Waals surface area contributed by atoms with Gasteiger partial charge in [-0.05, 0) is 54.4 Å². The molecule has 1 aliphatic carbocycles. The van der Waals surface area contributed by atoms with Crippen LogP contribution in [0.4, 0.5) is 10.8 Å². The van der Waals surface area contributed by atoms with Crippen LogP contribution in [0.3, 0.4) is 0 Å². The summed E-state index contributed by atoms with van der Waals surface area (Å²) in [6.45, 7) is 9.11. The first-order valence-corrected chi connectivity index (χ1v) is 8.71. The van der Waals surface area contributed by atoms with E-state index in [4.69, 9.17) is 5.11 Å². The molecule has 0 amide bonds. The van der Waals surface area contributed by atoms with Crippen molar-refractivity contribution in [2.45, 2.75) is 51.9 Å². The Labute approximate surface area is 140 Å². The standard InChI is InChI=1S/C18H22N2O2S/c1-10-7-8-18(3,4)14-11(2)16(23-15(10)14)20-13-6-5-12(9-19-13)17(21)22/h5-6,9-10H,7-8H2,1-4H3,(H,19,20)(H,21,22). The second-order valence-electron chi connectivity index (χ2n) is 6.98. The molecule has 1 atom stereocenters. The van der Waals surface area contributed by atoms with Gasteiger partial charge in [0.2, 0.25) is 0 Å². The Kier molecular flexibility index (Phi) is 3.92. The number of hydrogen-bond acceptors (Lipinski definition) is 4. The molecule has 0 saturated heterocycles. The molecule has 0 radical (unpaired) electrons. The molecule has 0 aliphatic heterocycles. The molecule has 3 rings (SSSR count). The van der Waals surface area contributed by atoms with E-state index in [9.17, 15) is 4.79 Å². The molecular formula is C18H22N2O2S. The Bertz CT molecular complexity index is 747. The minimum absolute atomic E-state index is 0.201. The highest BCUT2D eigenvalue weighted by molar-refractivity contribution is 7.16. The Morgan fingerprint density at radius 2 is 2.17 bits per heavy atom. The van der Waals surface area contributed by atoms with Crippen LogP contribution in [0.15, 0.2) is 18.3 Å². The number of carbonyl (C=O) groups is 1. The van der Waals surface area contributed by atoms with Crippen molar-refractivity contribution in [2.24, 2.45) is 0 Å². The van der Waals surface area contributed by atoms with Crippen LogP contribution < -0.4 is 5.32 Å². The molecule has 1 aliphatic rings. The fourth-order valence-electron chi connectivity index (χ4n) is 3.39. The van der Waals surface area contributed by atoms with Crippen molar-refractivity contribution in [1.82, 2.24) is 4.98 Å². The van der Waals surface area contributed by atoms with Crippen molar-refractivity contribution in [3.63, 3.8) is 0 Å². The highest BCUT2D eigenvalue weighted by atomic mass is 32.1. The van der Waals surface area contributed by atoms with Crippen LogP contribution in [0.5, 0.6) is 0 Å². The van der Waals surface area contributed by atoms with Gasteiger partial charge in [-0.1, -0.05) is 20.8 Å². The van der Waals surface area contributed by atoms with Crippen molar-refractivity contribution in [3.05, 3.63) is 39.9 Å². The molecule has 0 bridgehead atoms. The summed E-state index contributed by atoms with van der Waals surface area (Å²) >= 11 is 1.81. The average Bonchev–Trinajstić information content (AvgIpc) is 2.83. The first kappa shape index (κ1) is 16.0. The molecule has 122 valence electrons. The minimum Gasteiger partial charge on any atom is -0.478 e. The number of aromatic nitrogens is 1. The lowest BCUT2D eigenvalue weighted by molar-refractivity contribution is 0.0696. The topological polar surface area (TPSA) is 62.2 Å². The van der Waals surface area contributed by atoms with Crippen LogP contribution in [-0.2, 0) is 5.41 Å². The minimum atomic E-state index is -0.956. The SMILES string of the molecule is Cc1c(Nc2ccc(C(=O)O)cn2)sc2c1C(C)(C)CCC2C. The maximum atomic E-state index is 10.9. The number of aromatic carboxylic acids is 1. The third-order valence-electron chi connectivity index (χ3n) is 4.75. The van der Waals surface area contributed by atoms with Gasteiger partial charge in [0.15, 0.2) is 0 Å². The first-order chi connectivity index (χ1) is 10.8. The lowest BCUT2D eigenvalue weighted by Crippen LogP contribution is -2.24. The number of nitrogens with one attached hydrogen (secondary N) is 1. The number of thiophene rings is 1. The van der Waals surface area contributed by atoms with Crippen molar-refractivity contribution in [1.29, 1.82) is 0 Å². The number of fused-ring (bicyclic) bond motifs is 1. The summed E-state index contributed by atoms with van der Waals surface area (Å²) in [5, 5.41) is 13.4. The van der Waals surface area contributed by atoms with Gasteiger partial charge in [-0.2, -0.15) is 0 Å². The molecule has 2 heterocycles. The second kappa shape index (κ2) is 5.64. The van der Waals surface area contributed by atoms with E-state index in [0.717, 1.165) is 5.00 Å². The molecule has 23 heavy (non-hydrogen) atoms. The van der Waals surface area contributed by atoms with E-state index in [-0.39, 0.29) is 11.0 Å². The van der Waals surface area contributed by atoms with Gasteiger partial charge >= 0.3 is 5.97 Å². The normalized spacial score (nSPS) is 19.2. The van der Waals surface area contributed by atoms with Crippen LogP contribution in [0, 0.1) is 6.92 Å². The molecular weight excluding hydrogens is 308 g/mol. The molecule has 0 spiro atoms. The van der Waals surface area contributed by atoms with Gasteiger partial charge in [-0.3, -0.25) is 0 Å². The molecule has 2 N–H and O–H groups in total. The van der Waals surface area contributed by atoms with Crippen molar-refractivity contribution in [3.8, 4) is 0 Å². The van der Waals surface area contributed by atoms with Crippen LogP contribution in [0.1, 0.15) is 65.9 Å². The van der Waals surface area contributed by atoms with Gasteiger partial charge in [0.05, 0.1) is 10.6 Å². The molecule has 1 unspecified atom stereocenters. The lowest BCUT2D eigenvalue weighted by atomic mass is 9.71. The smallest absolute Gasteiger partial charge is 0.337 e. The first-order valence-electron chi connectivity index (χ1n) is 7.89. The molecule has 5 heteroatoms. The number of carboxylic acids is 1. The van der Waals surface area contributed by atoms with Crippen LogP contribution >= 0.6 is 11.3 Å². The molecule has 2 aromatic rings. The Balaban J connectivity index is 1.94. The van der Waals surface area contributed by atoms with Crippen LogP contribution in [0.2, 0.25) is 0 Å². The number of anilines is 2. The summed E-state index contributed by atoms with van der Waals surface area (Å²) in [6.07, 6.45) is 3.83. The summed E-state index contributed by atoms with van der Waals surface area (Å²) in [5.74, 6) is 0.323. The maximum absolute atomic E-state index is 10.9. The largest absolute Gasteiger partial charge is 0.478 e. The number of pyridine rings is 1. The Morgan fingerprint density at radius 3 is 2.74 bits per heavy atom. The van der Waals surface area contributed by atoms with E-state index in [1.165, 1.54) is 35.0 Å². The van der Waals surface area contributed by atoms with Crippen LogP contribution in [0.25, 0.3) is 0 Å². The van der Waals surface area contributed by atoms with Gasteiger partial charge in [-0.25, -0.2) is 9.78 Å². The monoisotopic (exact) mass is 330 g/mol. The molecule has 4 nitrogen and oxygen atoms in total. The zero-order valence-corrected chi connectivity index (χ0v) is 14.8. The van der Waals surface area contributed by atoms with Gasteiger partial charge in [-0.15, -0.1) is 11.3 Å². The van der Waals surface area contributed by atoms with Crippen molar-refractivity contribution in [2.75, 3.05) is 5.32 Å². The van der Waals surface area contributed by atoms with Crippen molar-refractivity contribution >= 4 is 28.1 Å². The molecule has 0 saturated carbocycles. The summed E-state index contributed by atoms with van der Waals surface area (Å²) in [7, 11) is 0. The zero-order chi connectivity index (χ0) is 16.8. The third kappa shape index (κ3) is 2.85. The lowest BCUT2D eigenvalue weighted by Gasteiger charge is -2.34. The average molecular weight is 330 g/mol. The second-order valence-corrected chi connectivity index (χ2v) is 8.03. The number of rotatable bonds is 3. The van der Waals surface area contributed by atoms with E-state index in [2.05, 4.69) is 38.0 Å². The quantitative estimate of drug-likeness (QED) is 0.825.